The number of aromatic nitrogens is 1. The molecule has 1 saturated heterocycles. The lowest BCUT2D eigenvalue weighted by molar-refractivity contribution is 0.221. The molecule has 3 rings (SSSR count). The van der Waals surface area contributed by atoms with Crippen molar-refractivity contribution in [3.8, 4) is 0 Å². The molecule has 1 aromatic heterocycles. The van der Waals surface area contributed by atoms with E-state index >= 15 is 0 Å². The van der Waals surface area contributed by atoms with E-state index in [9.17, 15) is 0 Å². The van der Waals surface area contributed by atoms with E-state index in [-0.39, 0.29) is 0 Å². The van der Waals surface area contributed by atoms with E-state index < -0.39 is 0 Å². The lowest BCUT2D eigenvalue weighted by atomic mass is 10.1. The van der Waals surface area contributed by atoms with Gasteiger partial charge < -0.3 is 4.57 Å². The van der Waals surface area contributed by atoms with Gasteiger partial charge in [0, 0.05) is 30.7 Å². The summed E-state index contributed by atoms with van der Waals surface area (Å²) in [4.78, 5) is 2.60. The Bertz CT molecular complexity index is 547. The number of piperidine rings is 1. The number of likely N-dealkylation sites (tertiary alicyclic amines) is 1. The molecule has 0 bridgehead atoms. The van der Waals surface area contributed by atoms with Crippen molar-refractivity contribution in [2.24, 2.45) is 7.05 Å². The molecule has 1 aliphatic heterocycles. The van der Waals surface area contributed by atoms with E-state index in [0.29, 0.717) is 0 Å². The van der Waals surface area contributed by atoms with Gasteiger partial charge in [-0.2, -0.15) is 0 Å². The van der Waals surface area contributed by atoms with Crippen LogP contribution in [0.3, 0.4) is 0 Å². The summed E-state index contributed by atoms with van der Waals surface area (Å²) in [6.45, 7) is 5.87. The molecule has 1 aliphatic rings. The highest BCUT2D eigenvalue weighted by Gasteiger charge is 2.14. The third kappa shape index (κ3) is 2.05. The zero-order valence-corrected chi connectivity index (χ0v) is 11.4. The molecule has 0 saturated carbocycles. The predicted molar refractivity (Wildman–Crippen MR) is 76.8 cm³/mol. The first-order valence-electron chi connectivity index (χ1n) is 7.01. The van der Waals surface area contributed by atoms with E-state index in [1.165, 1.54) is 54.4 Å². The monoisotopic (exact) mass is 242 g/mol. The van der Waals surface area contributed by atoms with Gasteiger partial charge in [-0.1, -0.05) is 18.6 Å². The highest BCUT2D eigenvalue weighted by molar-refractivity contribution is 5.87. The van der Waals surface area contributed by atoms with E-state index in [4.69, 9.17) is 0 Å². The minimum atomic E-state index is 1.11. The fourth-order valence-corrected chi connectivity index (χ4v) is 3.21. The summed E-state index contributed by atoms with van der Waals surface area (Å²) in [5.74, 6) is 0. The molecule has 0 spiro atoms. The highest BCUT2D eigenvalue weighted by atomic mass is 15.1. The van der Waals surface area contributed by atoms with Crippen LogP contribution in [-0.4, -0.2) is 22.6 Å². The fraction of sp³-hybridized carbons (Fsp3) is 0.500. The zero-order valence-electron chi connectivity index (χ0n) is 11.4. The van der Waals surface area contributed by atoms with Gasteiger partial charge in [-0.3, -0.25) is 4.90 Å². The Morgan fingerprint density at radius 1 is 1.11 bits per heavy atom. The molecule has 96 valence electrons. The van der Waals surface area contributed by atoms with Crippen LogP contribution in [0.2, 0.25) is 0 Å². The first-order chi connectivity index (χ1) is 8.75. The van der Waals surface area contributed by atoms with Crippen LogP contribution in [-0.2, 0) is 13.6 Å². The van der Waals surface area contributed by atoms with Gasteiger partial charge in [0.15, 0.2) is 0 Å². The Labute approximate surface area is 109 Å². The topological polar surface area (TPSA) is 8.17 Å². The molecule has 2 heterocycles. The lowest BCUT2D eigenvalue weighted by Gasteiger charge is -2.26. The predicted octanol–water partition coefficient (Wildman–Crippen LogP) is 3.47. The summed E-state index contributed by atoms with van der Waals surface area (Å²) in [5.41, 5.74) is 4.26. The van der Waals surface area contributed by atoms with Crippen molar-refractivity contribution < 1.29 is 0 Å². The van der Waals surface area contributed by atoms with Crippen molar-refractivity contribution in [3.63, 3.8) is 0 Å². The van der Waals surface area contributed by atoms with Gasteiger partial charge in [0.05, 0.1) is 0 Å². The smallest absolute Gasteiger partial charge is 0.0483 e. The van der Waals surface area contributed by atoms with Crippen molar-refractivity contribution >= 4 is 10.9 Å². The van der Waals surface area contributed by atoms with Gasteiger partial charge >= 0.3 is 0 Å². The molecule has 1 fully saturated rings. The minimum Gasteiger partial charge on any atom is -0.350 e. The quantitative estimate of drug-likeness (QED) is 0.783. The van der Waals surface area contributed by atoms with E-state index in [0.717, 1.165) is 6.54 Å². The summed E-state index contributed by atoms with van der Waals surface area (Å²) in [5, 5.41) is 1.46. The van der Waals surface area contributed by atoms with Crippen LogP contribution < -0.4 is 0 Å². The van der Waals surface area contributed by atoms with Gasteiger partial charge in [-0.05, 0) is 50.0 Å². The summed E-state index contributed by atoms with van der Waals surface area (Å²) < 4.78 is 2.27. The lowest BCUT2D eigenvalue weighted by Crippen LogP contribution is -2.29. The molecule has 18 heavy (non-hydrogen) atoms. The van der Waals surface area contributed by atoms with Gasteiger partial charge in [-0.25, -0.2) is 0 Å². The van der Waals surface area contributed by atoms with Gasteiger partial charge in [-0.15, -0.1) is 0 Å². The second kappa shape index (κ2) is 4.77. The molecule has 0 atom stereocenters. The van der Waals surface area contributed by atoms with Crippen LogP contribution in [0.1, 0.15) is 30.4 Å². The van der Waals surface area contributed by atoms with Crippen LogP contribution in [0.25, 0.3) is 10.9 Å². The molecule has 0 radical (unpaired) electrons. The third-order valence-electron chi connectivity index (χ3n) is 4.14. The largest absolute Gasteiger partial charge is 0.350 e. The summed E-state index contributed by atoms with van der Waals surface area (Å²) in [6.07, 6.45) is 6.45. The van der Waals surface area contributed by atoms with Gasteiger partial charge in [0.1, 0.15) is 0 Å². The maximum Gasteiger partial charge on any atom is 0.0483 e. The molecule has 0 aliphatic carbocycles. The van der Waals surface area contributed by atoms with Crippen LogP contribution >= 0.6 is 0 Å². The number of aryl methyl sites for hydroxylation is 2. The Morgan fingerprint density at radius 3 is 2.67 bits per heavy atom. The van der Waals surface area contributed by atoms with Crippen LogP contribution in [0.4, 0.5) is 0 Å². The number of rotatable bonds is 2. The molecule has 0 N–H and O–H groups in total. The number of fused-ring (bicyclic) bond motifs is 1. The average Bonchev–Trinajstić information content (AvgIpc) is 2.69. The summed E-state index contributed by atoms with van der Waals surface area (Å²) in [6, 6.07) is 6.60. The minimum absolute atomic E-state index is 1.11. The van der Waals surface area contributed by atoms with Crippen molar-refractivity contribution in [1.82, 2.24) is 9.47 Å². The molecular weight excluding hydrogens is 220 g/mol. The normalized spacial score (nSPS) is 17.4. The summed E-state index contributed by atoms with van der Waals surface area (Å²) in [7, 11) is 2.15. The number of hydrogen-bond acceptors (Lipinski definition) is 1. The van der Waals surface area contributed by atoms with Crippen molar-refractivity contribution in [3.05, 3.63) is 35.5 Å². The van der Waals surface area contributed by atoms with Crippen molar-refractivity contribution in [1.29, 1.82) is 0 Å². The molecular formula is C16H22N2. The Balaban J connectivity index is 1.96. The van der Waals surface area contributed by atoms with Crippen LogP contribution in [0.5, 0.6) is 0 Å². The number of benzene rings is 1. The first kappa shape index (κ1) is 11.8. The maximum atomic E-state index is 2.60. The number of hydrogen-bond donors (Lipinski definition) is 0. The van der Waals surface area contributed by atoms with Crippen LogP contribution in [0, 0.1) is 6.92 Å². The first-order valence-corrected chi connectivity index (χ1v) is 7.01. The Kier molecular flexibility index (Phi) is 3.13. The number of nitrogens with zero attached hydrogens (tertiary/aromatic N) is 2. The van der Waals surface area contributed by atoms with E-state index in [2.05, 4.69) is 47.8 Å². The van der Waals surface area contributed by atoms with E-state index in [1.54, 1.807) is 0 Å². The zero-order chi connectivity index (χ0) is 12.5. The summed E-state index contributed by atoms with van der Waals surface area (Å²) >= 11 is 0. The van der Waals surface area contributed by atoms with Gasteiger partial charge in [0.25, 0.3) is 0 Å². The maximum absolute atomic E-state index is 2.60. The third-order valence-corrected chi connectivity index (χ3v) is 4.14. The molecule has 0 unspecified atom stereocenters. The molecule has 0 amide bonds. The van der Waals surface area contributed by atoms with E-state index in [1.807, 2.05) is 0 Å². The molecule has 2 nitrogen and oxygen atoms in total. The Hall–Kier alpha value is -1.28. The highest BCUT2D eigenvalue weighted by Crippen LogP contribution is 2.26. The Morgan fingerprint density at radius 2 is 1.89 bits per heavy atom. The van der Waals surface area contributed by atoms with Crippen LogP contribution in [0.15, 0.2) is 24.4 Å². The van der Waals surface area contributed by atoms with Gasteiger partial charge in [0.2, 0.25) is 0 Å². The van der Waals surface area contributed by atoms with Crippen molar-refractivity contribution in [2.45, 2.75) is 32.7 Å². The second-order valence-corrected chi connectivity index (χ2v) is 5.57. The molecule has 1 aromatic carbocycles. The molecule has 2 aromatic rings. The fourth-order valence-electron chi connectivity index (χ4n) is 3.21. The average molecular weight is 242 g/mol. The second-order valence-electron chi connectivity index (χ2n) is 5.57. The molecule has 2 heteroatoms. The SMILES string of the molecule is Cc1cccc2c1c(CN1CCCCC1)cn2C. The van der Waals surface area contributed by atoms with Crippen molar-refractivity contribution in [2.75, 3.05) is 13.1 Å². The standard InChI is InChI=1S/C16H22N2/c1-13-7-6-8-15-16(13)14(11-17(15)2)12-18-9-4-3-5-10-18/h6-8,11H,3-5,9-10,12H2,1-2H3.